The summed E-state index contributed by atoms with van der Waals surface area (Å²) in [6, 6.07) is 0. The van der Waals surface area contributed by atoms with Crippen molar-refractivity contribution in [3.63, 3.8) is 0 Å². The van der Waals surface area contributed by atoms with E-state index in [2.05, 4.69) is 11.9 Å². The van der Waals surface area contributed by atoms with Gasteiger partial charge in [-0.25, -0.2) is 0 Å². The van der Waals surface area contributed by atoms with Crippen LogP contribution < -0.4 is 5.32 Å². The molecule has 0 aromatic rings. The topological polar surface area (TPSA) is 49.4 Å². The number of carbonyl (C=O) groups excluding carboxylic acids is 2. The average molecular weight is 243 g/mol. The van der Waals surface area contributed by atoms with E-state index >= 15 is 0 Å². The van der Waals surface area contributed by atoms with E-state index < -0.39 is 5.54 Å². The van der Waals surface area contributed by atoms with Crippen LogP contribution in [-0.2, 0) is 9.59 Å². The van der Waals surface area contributed by atoms with Crippen LogP contribution in [-0.4, -0.2) is 35.3 Å². The minimum Gasteiger partial charge on any atom is -0.340 e. The molecule has 2 fully saturated rings. The molecule has 1 saturated heterocycles. The monoisotopic (exact) mass is 242 g/mol. The van der Waals surface area contributed by atoms with Crippen LogP contribution in [0.5, 0.6) is 0 Å². The summed E-state index contributed by atoms with van der Waals surface area (Å²) in [5, 5.41) is 3.18. The second-order valence-electron chi connectivity index (χ2n) is 4.70. The summed E-state index contributed by atoms with van der Waals surface area (Å²) in [7, 11) is 0. The molecule has 5 heteroatoms. The normalized spacial score (nSPS) is 30.2. The maximum atomic E-state index is 12.2. The lowest BCUT2D eigenvalue weighted by Crippen LogP contribution is -2.66. The Bertz CT molecular complexity index is 363. The lowest BCUT2D eigenvalue weighted by atomic mass is 9.91. The Morgan fingerprint density at radius 3 is 2.75 bits per heavy atom. The predicted molar refractivity (Wildman–Crippen MR) is 60.8 cm³/mol. The van der Waals surface area contributed by atoms with E-state index in [1.54, 1.807) is 6.92 Å². The fourth-order valence-electron chi connectivity index (χ4n) is 2.23. The Balaban J connectivity index is 2.18. The highest BCUT2D eigenvalue weighted by Gasteiger charge is 2.52. The number of halogens is 1. The molecule has 0 radical (unpaired) electrons. The summed E-state index contributed by atoms with van der Waals surface area (Å²) in [5.41, 5.74) is -0.734. The molecule has 0 aromatic carbocycles. The van der Waals surface area contributed by atoms with Gasteiger partial charge in [0.05, 0.1) is 6.54 Å². The van der Waals surface area contributed by atoms with Crippen molar-refractivity contribution in [2.24, 2.45) is 5.92 Å². The van der Waals surface area contributed by atoms with Crippen LogP contribution in [0.2, 0.25) is 0 Å². The quantitative estimate of drug-likeness (QED) is 0.798. The fraction of sp³-hybridized carbons (Fsp3) is 0.636. The van der Waals surface area contributed by atoms with E-state index in [4.69, 9.17) is 11.6 Å². The summed E-state index contributed by atoms with van der Waals surface area (Å²) < 4.78 is 0. The molecule has 1 aliphatic carbocycles. The molecule has 4 nitrogen and oxygen atoms in total. The van der Waals surface area contributed by atoms with Gasteiger partial charge in [0.2, 0.25) is 11.8 Å². The number of amides is 2. The molecule has 1 heterocycles. The molecular weight excluding hydrogens is 228 g/mol. The fourth-order valence-corrected chi connectivity index (χ4v) is 2.37. The molecule has 1 saturated carbocycles. The minimum absolute atomic E-state index is 0.0450. The molecule has 0 spiro atoms. The molecule has 1 unspecified atom stereocenters. The van der Waals surface area contributed by atoms with E-state index in [1.807, 2.05) is 0 Å². The van der Waals surface area contributed by atoms with E-state index in [-0.39, 0.29) is 30.8 Å². The first-order valence-electron chi connectivity index (χ1n) is 5.37. The van der Waals surface area contributed by atoms with Crippen molar-refractivity contribution in [3.05, 3.63) is 11.6 Å². The molecule has 2 rings (SSSR count). The third-order valence-corrected chi connectivity index (χ3v) is 3.34. The van der Waals surface area contributed by atoms with Crippen LogP contribution in [0.3, 0.4) is 0 Å². The lowest BCUT2D eigenvalue weighted by molar-refractivity contribution is -0.149. The van der Waals surface area contributed by atoms with Gasteiger partial charge < -0.3 is 10.2 Å². The molecule has 1 N–H and O–H groups in total. The van der Waals surface area contributed by atoms with E-state index in [9.17, 15) is 9.59 Å². The Kier molecular flexibility index (Phi) is 2.70. The zero-order chi connectivity index (χ0) is 11.9. The highest BCUT2D eigenvalue weighted by molar-refractivity contribution is 6.29. The van der Waals surface area contributed by atoms with Gasteiger partial charge in [-0.15, -0.1) is 0 Å². The predicted octanol–water partition coefficient (Wildman–Crippen LogP) is 0.866. The Hall–Kier alpha value is -1.03. The molecule has 16 heavy (non-hydrogen) atoms. The Morgan fingerprint density at radius 2 is 2.25 bits per heavy atom. The zero-order valence-corrected chi connectivity index (χ0v) is 10.0. The van der Waals surface area contributed by atoms with Crippen LogP contribution in [0.4, 0.5) is 0 Å². The number of carbonyl (C=O) groups is 2. The second-order valence-corrected chi connectivity index (χ2v) is 5.24. The Labute approximate surface area is 99.6 Å². The van der Waals surface area contributed by atoms with Crippen molar-refractivity contribution >= 4 is 23.4 Å². The van der Waals surface area contributed by atoms with E-state index in [0.29, 0.717) is 5.03 Å². The molecule has 88 valence electrons. The van der Waals surface area contributed by atoms with Gasteiger partial charge in [-0.3, -0.25) is 9.59 Å². The molecule has 0 bridgehead atoms. The first kappa shape index (κ1) is 11.5. The highest BCUT2D eigenvalue weighted by atomic mass is 35.5. The van der Waals surface area contributed by atoms with E-state index in [1.165, 1.54) is 4.90 Å². The van der Waals surface area contributed by atoms with Crippen molar-refractivity contribution in [2.45, 2.75) is 25.3 Å². The summed E-state index contributed by atoms with van der Waals surface area (Å²) in [6.07, 6.45) is 2.00. The van der Waals surface area contributed by atoms with Gasteiger partial charge in [0, 0.05) is 5.03 Å². The summed E-state index contributed by atoms with van der Waals surface area (Å²) in [5.74, 6) is 0.110. The standard InChI is InChI=1S/C11H15ClN2O2/c1-7(12)5-14-6-9(15)13-11(2,10(14)16)8-3-4-8/h8H,1,3-6H2,2H3,(H,13,15). The molecule has 1 aliphatic heterocycles. The van der Waals surface area contributed by atoms with Gasteiger partial charge in [-0.1, -0.05) is 18.2 Å². The molecular formula is C11H15ClN2O2. The maximum Gasteiger partial charge on any atom is 0.249 e. The van der Waals surface area contributed by atoms with Gasteiger partial charge in [0.1, 0.15) is 12.1 Å². The van der Waals surface area contributed by atoms with Gasteiger partial charge in [-0.2, -0.15) is 0 Å². The number of piperazine rings is 1. The van der Waals surface area contributed by atoms with Crippen molar-refractivity contribution in [1.29, 1.82) is 0 Å². The third kappa shape index (κ3) is 1.94. The molecule has 0 aromatic heterocycles. The van der Waals surface area contributed by atoms with Crippen molar-refractivity contribution in [3.8, 4) is 0 Å². The molecule has 1 atom stereocenters. The summed E-state index contributed by atoms with van der Waals surface area (Å²) in [6.45, 7) is 5.68. The largest absolute Gasteiger partial charge is 0.340 e. The smallest absolute Gasteiger partial charge is 0.249 e. The SMILES string of the molecule is C=C(Cl)CN1CC(=O)NC(C)(C2CC2)C1=O. The number of nitrogens with zero attached hydrogens (tertiary/aromatic N) is 1. The van der Waals surface area contributed by atoms with Crippen LogP contribution in [0.1, 0.15) is 19.8 Å². The second kappa shape index (κ2) is 3.77. The van der Waals surface area contributed by atoms with Crippen LogP contribution in [0.25, 0.3) is 0 Å². The van der Waals surface area contributed by atoms with Crippen molar-refractivity contribution in [2.75, 3.05) is 13.1 Å². The number of hydrogen-bond acceptors (Lipinski definition) is 2. The number of hydrogen-bond donors (Lipinski definition) is 1. The number of nitrogens with one attached hydrogen (secondary N) is 1. The van der Waals surface area contributed by atoms with Crippen LogP contribution >= 0.6 is 11.6 Å². The van der Waals surface area contributed by atoms with Gasteiger partial charge in [0.25, 0.3) is 0 Å². The maximum absolute atomic E-state index is 12.2. The van der Waals surface area contributed by atoms with Crippen molar-refractivity contribution in [1.82, 2.24) is 10.2 Å². The van der Waals surface area contributed by atoms with Crippen molar-refractivity contribution < 1.29 is 9.59 Å². The summed E-state index contributed by atoms with van der Waals surface area (Å²) >= 11 is 5.69. The Morgan fingerprint density at radius 1 is 1.62 bits per heavy atom. The number of rotatable bonds is 3. The van der Waals surface area contributed by atoms with Gasteiger partial charge in [0.15, 0.2) is 0 Å². The first-order valence-corrected chi connectivity index (χ1v) is 5.75. The average Bonchev–Trinajstić information content (AvgIpc) is 2.95. The molecule has 2 amide bonds. The van der Waals surface area contributed by atoms with Crippen LogP contribution in [0.15, 0.2) is 11.6 Å². The van der Waals surface area contributed by atoms with Gasteiger partial charge >= 0.3 is 0 Å². The third-order valence-electron chi connectivity index (χ3n) is 3.22. The minimum atomic E-state index is -0.734. The zero-order valence-electron chi connectivity index (χ0n) is 9.25. The van der Waals surface area contributed by atoms with Gasteiger partial charge in [-0.05, 0) is 25.7 Å². The summed E-state index contributed by atoms with van der Waals surface area (Å²) in [4.78, 5) is 25.3. The van der Waals surface area contributed by atoms with E-state index in [0.717, 1.165) is 12.8 Å². The molecule has 2 aliphatic rings. The lowest BCUT2D eigenvalue weighted by Gasteiger charge is -2.40. The first-order chi connectivity index (χ1) is 7.43. The van der Waals surface area contributed by atoms with Crippen LogP contribution in [0, 0.1) is 5.92 Å². The highest BCUT2D eigenvalue weighted by Crippen LogP contribution is 2.41.